The van der Waals surface area contributed by atoms with Crippen LogP contribution in [0.2, 0.25) is 0 Å². The third-order valence-corrected chi connectivity index (χ3v) is 2.12. The van der Waals surface area contributed by atoms with E-state index in [9.17, 15) is 4.79 Å². The number of aldehydes is 1. The predicted molar refractivity (Wildman–Crippen MR) is 61.6 cm³/mol. The van der Waals surface area contributed by atoms with Crippen molar-refractivity contribution < 1.29 is 4.79 Å². The van der Waals surface area contributed by atoms with Crippen molar-refractivity contribution in [1.82, 2.24) is 0 Å². The van der Waals surface area contributed by atoms with Gasteiger partial charge in [0.05, 0.1) is 0 Å². The molecule has 0 saturated heterocycles. The lowest BCUT2D eigenvalue weighted by molar-refractivity contribution is -0.107. The van der Waals surface area contributed by atoms with Crippen LogP contribution >= 0.6 is 0 Å². The quantitative estimate of drug-likeness (QED) is 0.670. The van der Waals surface area contributed by atoms with Crippen LogP contribution in [0.25, 0.3) is 0 Å². The molecule has 1 nitrogen and oxygen atoms in total. The molecule has 1 heteroatoms. The number of rotatable bonds is 3. The lowest BCUT2D eigenvalue weighted by Crippen LogP contribution is -1.88. The first-order chi connectivity index (χ1) is 6.74. The lowest BCUT2D eigenvalue weighted by Gasteiger charge is -2.02. The zero-order chi connectivity index (χ0) is 11.0. The molecule has 0 radical (unpaired) electrons. The van der Waals surface area contributed by atoms with E-state index in [0.717, 1.165) is 12.7 Å². The van der Waals surface area contributed by atoms with E-state index >= 15 is 0 Å². The number of carbonyl (C=O) groups excluding carboxylic acids is 1. The Morgan fingerprint density at radius 3 is 2.29 bits per heavy atom. The maximum absolute atomic E-state index is 10.1. The van der Waals surface area contributed by atoms with Crippen LogP contribution in [0, 0.1) is 13.8 Å². The second-order valence-electron chi connectivity index (χ2n) is 3.12. The summed E-state index contributed by atoms with van der Waals surface area (Å²) in [4.78, 5) is 10.1. The molecule has 1 aromatic rings. The van der Waals surface area contributed by atoms with Crippen LogP contribution in [-0.4, -0.2) is 6.29 Å². The van der Waals surface area contributed by atoms with E-state index in [-0.39, 0.29) is 0 Å². The van der Waals surface area contributed by atoms with Crippen LogP contribution in [0.5, 0.6) is 0 Å². The summed E-state index contributed by atoms with van der Waals surface area (Å²) in [5.74, 6) is 0. The molecule has 1 rings (SSSR count). The van der Waals surface area contributed by atoms with Crippen molar-refractivity contribution in [3.8, 4) is 0 Å². The monoisotopic (exact) mass is 192 g/mol. The number of benzene rings is 1. The Bertz CT molecular complexity index is 277. The first kappa shape index (κ1) is 12.9. The zero-order valence-electron chi connectivity index (χ0n) is 9.63. The van der Waals surface area contributed by atoms with Gasteiger partial charge in [-0.05, 0) is 37.0 Å². The van der Waals surface area contributed by atoms with Gasteiger partial charge in [-0.15, -0.1) is 0 Å². The first-order valence-electron chi connectivity index (χ1n) is 5.24. The van der Waals surface area contributed by atoms with E-state index < -0.39 is 0 Å². The van der Waals surface area contributed by atoms with Gasteiger partial charge in [0, 0.05) is 6.42 Å². The van der Waals surface area contributed by atoms with Gasteiger partial charge in [-0.2, -0.15) is 0 Å². The molecule has 0 aliphatic carbocycles. The Kier molecular flexibility index (Phi) is 6.73. The topological polar surface area (TPSA) is 17.1 Å². The van der Waals surface area contributed by atoms with Gasteiger partial charge >= 0.3 is 0 Å². The van der Waals surface area contributed by atoms with Gasteiger partial charge in [0.25, 0.3) is 0 Å². The maximum Gasteiger partial charge on any atom is 0.120 e. The third-order valence-electron chi connectivity index (χ3n) is 2.12. The molecule has 0 amide bonds. The van der Waals surface area contributed by atoms with Crippen molar-refractivity contribution in [2.75, 3.05) is 0 Å². The van der Waals surface area contributed by atoms with Gasteiger partial charge in [-0.3, -0.25) is 0 Å². The van der Waals surface area contributed by atoms with Gasteiger partial charge in [0.1, 0.15) is 6.29 Å². The number of hydrogen-bond donors (Lipinski definition) is 0. The van der Waals surface area contributed by atoms with Crippen molar-refractivity contribution in [2.24, 2.45) is 0 Å². The van der Waals surface area contributed by atoms with Crippen LogP contribution in [-0.2, 0) is 11.2 Å². The van der Waals surface area contributed by atoms with E-state index in [1.807, 2.05) is 13.8 Å². The molecule has 0 aromatic heterocycles. The highest BCUT2D eigenvalue weighted by atomic mass is 16.1. The van der Waals surface area contributed by atoms with Gasteiger partial charge in [0.15, 0.2) is 0 Å². The summed E-state index contributed by atoms with van der Waals surface area (Å²) < 4.78 is 0. The highest BCUT2D eigenvalue weighted by Gasteiger charge is 1.95. The summed E-state index contributed by atoms with van der Waals surface area (Å²) in [7, 11) is 0. The second kappa shape index (κ2) is 7.31. The van der Waals surface area contributed by atoms with Crippen molar-refractivity contribution in [3.63, 3.8) is 0 Å². The van der Waals surface area contributed by atoms with Gasteiger partial charge in [-0.25, -0.2) is 0 Å². The minimum atomic E-state index is 0.627. The fraction of sp³-hybridized carbons (Fsp3) is 0.462. The van der Waals surface area contributed by atoms with Crippen molar-refractivity contribution >= 4 is 6.29 Å². The highest BCUT2D eigenvalue weighted by molar-refractivity contribution is 5.50. The van der Waals surface area contributed by atoms with E-state index in [0.29, 0.717) is 6.42 Å². The lowest BCUT2D eigenvalue weighted by atomic mass is 10.0. The Morgan fingerprint density at radius 2 is 1.79 bits per heavy atom. The highest BCUT2D eigenvalue weighted by Crippen LogP contribution is 2.10. The van der Waals surface area contributed by atoms with Gasteiger partial charge < -0.3 is 4.79 Å². The number of hydrogen-bond acceptors (Lipinski definition) is 1. The molecule has 0 fully saturated rings. The summed E-state index contributed by atoms with van der Waals surface area (Å²) in [5, 5.41) is 0. The summed E-state index contributed by atoms with van der Waals surface area (Å²) in [6.07, 6.45) is 2.46. The molecule has 1 aromatic carbocycles. The minimum Gasteiger partial charge on any atom is -0.303 e. The summed E-state index contributed by atoms with van der Waals surface area (Å²) >= 11 is 0. The fourth-order valence-corrected chi connectivity index (χ4v) is 1.18. The maximum atomic E-state index is 10.1. The largest absolute Gasteiger partial charge is 0.303 e. The van der Waals surface area contributed by atoms with E-state index in [4.69, 9.17) is 0 Å². The second-order valence-corrected chi connectivity index (χ2v) is 3.12. The fourth-order valence-electron chi connectivity index (χ4n) is 1.18. The average Bonchev–Trinajstić information content (AvgIpc) is 2.23. The predicted octanol–water partition coefficient (Wildman–Crippen LogP) is 3.46. The molecule has 0 spiro atoms. The molecule has 0 bridgehead atoms. The molecule has 0 aliphatic rings. The van der Waals surface area contributed by atoms with Crippen LogP contribution in [0.3, 0.4) is 0 Å². The Hall–Kier alpha value is -1.11. The molecule has 0 atom stereocenters. The van der Waals surface area contributed by atoms with Gasteiger partial charge in [-0.1, -0.05) is 32.0 Å². The molecule has 0 N–H and O–H groups in total. The van der Waals surface area contributed by atoms with Crippen molar-refractivity contribution in [3.05, 3.63) is 34.9 Å². The van der Waals surface area contributed by atoms with Gasteiger partial charge in [0.2, 0.25) is 0 Å². The molecule has 0 saturated carbocycles. The van der Waals surface area contributed by atoms with Crippen molar-refractivity contribution in [2.45, 2.75) is 40.5 Å². The average molecular weight is 192 g/mol. The van der Waals surface area contributed by atoms with E-state index in [2.05, 4.69) is 32.0 Å². The molecular formula is C13H20O. The van der Waals surface area contributed by atoms with Crippen LogP contribution < -0.4 is 0 Å². The third kappa shape index (κ3) is 4.22. The zero-order valence-corrected chi connectivity index (χ0v) is 9.63. The van der Waals surface area contributed by atoms with E-state index in [1.165, 1.54) is 16.7 Å². The number of carbonyl (C=O) groups is 1. The first-order valence-corrected chi connectivity index (χ1v) is 5.24. The molecule has 0 aliphatic heterocycles. The smallest absolute Gasteiger partial charge is 0.120 e. The van der Waals surface area contributed by atoms with E-state index in [1.54, 1.807) is 0 Å². The minimum absolute atomic E-state index is 0.627. The molecule has 14 heavy (non-hydrogen) atoms. The standard InChI is InChI=1S/C11H14O.C2H6/c1-9-5-6-11(4-3-7-12)8-10(9)2;1-2/h5-8H,3-4H2,1-2H3;1-2H3. The number of aryl methyl sites for hydroxylation is 3. The summed E-state index contributed by atoms with van der Waals surface area (Å²) in [6.45, 7) is 8.19. The van der Waals surface area contributed by atoms with Crippen molar-refractivity contribution in [1.29, 1.82) is 0 Å². The molecular weight excluding hydrogens is 172 g/mol. The molecule has 0 unspecified atom stereocenters. The van der Waals surface area contributed by atoms with Crippen LogP contribution in [0.4, 0.5) is 0 Å². The SMILES string of the molecule is CC.Cc1ccc(CCC=O)cc1C. The molecule has 0 heterocycles. The Labute approximate surface area is 87.2 Å². The summed E-state index contributed by atoms with van der Waals surface area (Å²) in [6, 6.07) is 6.35. The Morgan fingerprint density at radius 1 is 1.14 bits per heavy atom. The van der Waals surface area contributed by atoms with Crippen LogP contribution in [0.15, 0.2) is 18.2 Å². The normalized spacial score (nSPS) is 8.86. The Balaban J connectivity index is 0.000000791. The summed E-state index contributed by atoms with van der Waals surface area (Å²) in [5.41, 5.74) is 3.87. The van der Waals surface area contributed by atoms with Crippen LogP contribution in [0.1, 0.15) is 37.0 Å². The molecule has 78 valence electrons.